The molecule has 1 nitrogen and oxygen atoms in total. The fourth-order valence-electron chi connectivity index (χ4n) is 0.418. The molecule has 0 bridgehead atoms. The summed E-state index contributed by atoms with van der Waals surface area (Å²) in [4.78, 5) is 0. The highest BCUT2D eigenvalue weighted by Gasteiger charge is 2.58. The SMILES string of the molecule is CC(F)(F)C(F)(CF)OC(F)(F)F. The van der Waals surface area contributed by atoms with Gasteiger partial charge in [0.2, 0.25) is 0 Å². The summed E-state index contributed by atoms with van der Waals surface area (Å²) >= 11 is 0. The molecule has 0 aliphatic rings. The van der Waals surface area contributed by atoms with Crippen LogP contribution < -0.4 is 0 Å². The Balaban J connectivity index is 4.67. The van der Waals surface area contributed by atoms with Crippen LogP contribution in [0.5, 0.6) is 0 Å². The van der Waals surface area contributed by atoms with E-state index < -0.39 is 24.8 Å². The van der Waals surface area contributed by atoms with Gasteiger partial charge in [-0.15, -0.1) is 13.2 Å². The highest BCUT2D eigenvalue weighted by molar-refractivity contribution is 4.81. The lowest BCUT2D eigenvalue weighted by Gasteiger charge is -2.28. The summed E-state index contributed by atoms with van der Waals surface area (Å²) in [5.41, 5.74) is 0. The first-order chi connectivity index (χ1) is 5.52. The van der Waals surface area contributed by atoms with Crippen LogP contribution in [0.1, 0.15) is 6.92 Å². The lowest BCUT2D eigenvalue weighted by molar-refractivity contribution is -0.428. The summed E-state index contributed by atoms with van der Waals surface area (Å²) in [6.07, 6.45) is -5.65. The van der Waals surface area contributed by atoms with Crippen molar-refractivity contribution in [3.8, 4) is 0 Å². The minimum Gasteiger partial charge on any atom is -0.245 e. The average Bonchev–Trinajstić information content (AvgIpc) is 1.81. The van der Waals surface area contributed by atoms with Crippen LogP contribution in [0.2, 0.25) is 0 Å². The maximum Gasteiger partial charge on any atom is 0.525 e. The van der Waals surface area contributed by atoms with E-state index in [2.05, 4.69) is 4.74 Å². The van der Waals surface area contributed by atoms with Gasteiger partial charge in [-0.25, -0.2) is 22.3 Å². The van der Waals surface area contributed by atoms with Crippen LogP contribution in [-0.2, 0) is 4.74 Å². The van der Waals surface area contributed by atoms with Crippen molar-refractivity contribution in [1.82, 2.24) is 0 Å². The predicted molar refractivity (Wildman–Crippen MR) is 27.6 cm³/mol. The van der Waals surface area contributed by atoms with E-state index in [0.29, 0.717) is 0 Å². The first-order valence-corrected chi connectivity index (χ1v) is 2.91. The Morgan fingerprint density at radius 2 is 1.38 bits per heavy atom. The number of alkyl halides is 7. The third kappa shape index (κ3) is 3.37. The van der Waals surface area contributed by atoms with Crippen molar-refractivity contribution >= 4 is 0 Å². The van der Waals surface area contributed by atoms with Crippen molar-refractivity contribution in [2.24, 2.45) is 0 Å². The van der Waals surface area contributed by atoms with Crippen LogP contribution in [0.15, 0.2) is 0 Å². The molecular formula is C5H5F7O. The Labute approximate surface area is 68.5 Å². The van der Waals surface area contributed by atoms with Gasteiger partial charge in [0.1, 0.15) is 0 Å². The van der Waals surface area contributed by atoms with Gasteiger partial charge in [-0.3, -0.25) is 0 Å². The predicted octanol–water partition coefficient (Wildman–Crippen LogP) is 2.81. The van der Waals surface area contributed by atoms with E-state index in [-0.39, 0.29) is 6.92 Å². The van der Waals surface area contributed by atoms with Gasteiger partial charge in [0.05, 0.1) is 0 Å². The fourth-order valence-corrected chi connectivity index (χ4v) is 0.418. The van der Waals surface area contributed by atoms with Crippen molar-refractivity contribution in [1.29, 1.82) is 0 Å². The zero-order valence-corrected chi connectivity index (χ0v) is 6.26. The van der Waals surface area contributed by atoms with Gasteiger partial charge < -0.3 is 0 Å². The molecule has 0 fully saturated rings. The van der Waals surface area contributed by atoms with Crippen LogP contribution in [-0.4, -0.2) is 24.8 Å². The van der Waals surface area contributed by atoms with Gasteiger partial charge in [0, 0.05) is 6.92 Å². The quantitative estimate of drug-likeness (QED) is 0.656. The molecule has 0 N–H and O–H groups in total. The summed E-state index contributed by atoms with van der Waals surface area (Å²) in [7, 11) is 0. The summed E-state index contributed by atoms with van der Waals surface area (Å²) in [5, 5.41) is 0. The van der Waals surface area contributed by atoms with Crippen molar-refractivity contribution < 1.29 is 35.5 Å². The summed E-state index contributed by atoms with van der Waals surface area (Å²) < 4.78 is 84.4. The Hall–Kier alpha value is -0.530. The second-order valence-electron chi connectivity index (χ2n) is 2.30. The third-order valence-electron chi connectivity index (χ3n) is 1.10. The molecule has 0 amide bonds. The van der Waals surface area contributed by atoms with E-state index in [4.69, 9.17) is 0 Å². The standard InChI is InChI=1S/C5H5F7O/c1-3(7,8)4(9,2-6)13-5(10,11)12/h2H2,1H3. The van der Waals surface area contributed by atoms with Crippen molar-refractivity contribution in [2.45, 2.75) is 25.1 Å². The van der Waals surface area contributed by atoms with E-state index in [9.17, 15) is 30.7 Å². The monoisotopic (exact) mass is 214 g/mol. The molecule has 0 aromatic rings. The zero-order valence-electron chi connectivity index (χ0n) is 6.26. The molecule has 0 radical (unpaired) electrons. The number of rotatable bonds is 3. The van der Waals surface area contributed by atoms with Gasteiger partial charge in [-0.1, -0.05) is 0 Å². The molecule has 1 unspecified atom stereocenters. The molecule has 13 heavy (non-hydrogen) atoms. The minimum atomic E-state index is -5.65. The third-order valence-corrected chi connectivity index (χ3v) is 1.10. The molecular weight excluding hydrogens is 209 g/mol. The van der Waals surface area contributed by atoms with Crippen LogP contribution in [0.4, 0.5) is 30.7 Å². The lowest BCUT2D eigenvalue weighted by atomic mass is 10.2. The van der Waals surface area contributed by atoms with Gasteiger partial charge in [-0.2, -0.15) is 0 Å². The Morgan fingerprint density at radius 3 is 1.46 bits per heavy atom. The molecule has 0 heterocycles. The maximum absolute atomic E-state index is 12.5. The molecule has 0 aliphatic carbocycles. The highest BCUT2D eigenvalue weighted by Crippen LogP contribution is 2.38. The molecule has 8 heteroatoms. The van der Waals surface area contributed by atoms with Gasteiger partial charge in [0.25, 0.3) is 0 Å². The number of ether oxygens (including phenoxy) is 1. The van der Waals surface area contributed by atoms with Crippen LogP contribution in [0.25, 0.3) is 0 Å². The van der Waals surface area contributed by atoms with Crippen molar-refractivity contribution in [2.75, 3.05) is 6.67 Å². The van der Waals surface area contributed by atoms with E-state index in [1.165, 1.54) is 0 Å². The fraction of sp³-hybridized carbons (Fsp3) is 1.00. The number of hydrogen-bond donors (Lipinski definition) is 0. The summed E-state index contributed by atoms with van der Waals surface area (Å²) in [5.74, 6) is -9.23. The van der Waals surface area contributed by atoms with Gasteiger partial charge >= 0.3 is 18.1 Å². The first kappa shape index (κ1) is 12.5. The Kier molecular flexibility index (Phi) is 3.18. The molecule has 0 rings (SSSR count). The maximum atomic E-state index is 12.5. The first-order valence-electron chi connectivity index (χ1n) is 2.91. The van der Waals surface area contributed by atoms with Crippen molar-refractivity contribution in [3.63, 3.8) is 0 Å². The highest BCUT2D eigenvalue weighted by atomic mass is 19.4. The van der Waals surface area contributed by atoms with E-state index in [0.717, 1.165) is 0 Å². The van der Waals surface area contributed by atoms with Gasteiger partial charge in [-0.05, 0) is 0 Å². The normalized spacial score (nSPS) is 18.5. The smallest absolute Gasteiger partial charge is 0.245 e. The zero-order chi connectivity index (χ0) is 10.9. The second kappa shape index (κ2) is 3.32. The van der Waals surface area contributed by atoms with Gasteiger partial charge in [0.15, 0.2) is 6.67 Å². The second-order valence-corrected chi connectivity index (χ2v) is 2.30. The Bertz CT molecular complexity index is 171. The van der Waals surface area contributed by atoms with Crippen LogP contribution in [0, 0.1) is 0 Å². The molecule has 0 saturated carbocycles. The molecule has 0 spiro atoms. The minimum absolute atomic E-state index is 0.210. The largest absolute Gasteiger partial charge is 0.525 e. The number of hydrogen-bond acceptors (Lipinski definition) is 1. The molecule has 1 atom stereocenters. The van der Waals surface area contributed by atoms with E-state index in [1.54, 1.807) is 0 Å². The molecule has 0 aromatic carbocycles. The van der Waals surface area contributed by atoms with Crippen molar-refractivity contribution in [3.05, 3.63) is 0 Å². The summed E-state index contributed by atoms with van der Waals surface area (Å²) in [6, 6.07) is 0. The van der Waals surface area contributed by atoms with Crippen LogP contribution in [0.3, 0.4) is 0 Å². The topological polar surface area (TPSA) is 9.23 Å². The molecule has 0 saturated heterocycles. The van der Waals surface area contributed by atoms with E-state index in [1.807, 2.05) is 0 Å². The molecule has 0 aliphatic heterocycles. The Morgan fingerprint density at radius 1 is 1.00 bits per heavy atom. The van der Waals surface area contributed by atoms with Crippen LogP contribution >= 0.6 is 0 Å². The summed E-state index contributed by atoms with van der Waals surface area (Å²) in [6.45, 7) is -2.80. The van der Waals surface area contributed by atoms with E-state index >= 15 is 0 Å². The molecule has 80 valence electrons. The number of halogens is 7. The molecule has 0 aromatic heterocycles. The average molecular weight is 214 g/mol. The lowest BCUT2D eigenvalue weighted by Crippen LogP contribution is -2.49.